The molecule has 1 aliphatic rings. The topological polar surface area (TPSA) is 156 Å². The van der Waals surface area contributed by atoms with Gasteiger partial charge in [0.2, 0.25) is 5.91 Å². The summed E-state index contributed by atoms with van der Waals surface area (Å²) in [5.41, 5.74) is -1.53. The van der Waals surface area contributed by atoms with Gasteiger partial charge < -0.3 is 20.6 Å². The predicted octanol–water partition coefficient (Wildman–Crippen LogP) is -1.72. The van der Waals surface area contributed by atoms with Gasteiger partial charge in [0, 0.05) is 0 Å². The third-order valence-corrected chi connectivity index (χ3v) is 4.72. The number of carbonyl (C=O) groups is 4. The van der Waals surface area contributed by atoms with Crippen LogP contribution >= 0.6 is 0 Å². The van der Waals surface area contributed by atoms with Crippen LogP contribution in [0.2, 0.25) is 0 Å². The molecular weight excluding hydrogens is 391 g/mol. The minimum atomic E-state index is -1.23. The first kappa shape index (κ1) is 26.8. The Hall–Kier alpha value is -2.23. The zero-order valence-corrected chi connectivity index (χ0v) is 18.9. The van der Waals surface area contributed by atoms with E-state index in [2.05, 4.69) is 10.3 Å². The molecule has 0 radical (unpaired) electrons. The van der Waals surface area contributed by atoms with Crippen LogP contribution in [0.1, 0.15) is 60.7 Å². The maximum absolute atomic E-state index is 11.9. The van der Waals surface area contributed by atoms with E-state index < -0.39 is 35.2 Å². The Bertz CT molecular complexity index is 777. The summed E-state index contributed by atoms with van der Waals surface area (Å²) in [6.45, 7) is 5.62. The monoisotopic (exact) mass is 414 g/mol. The quantitative estimate of drug-likeness (QED) is 0.369. The average Bonchev–Trinajstić information content (AvgIpc) is 2.62. The molecule has 0 saturated carbocycles. The molecule has 3 N–H and O–H groups in total. The summed E-state index contributed by atoms with van der Waals surface area (Å²) in [5.74, 6) is -3.65. The van der Waals surface area contributed by atoms with Gasteiger partial charge in [-0.25, -0.2) is 14.6 Å². The minimum Gasteiger partial charge on any atom is -0.846 e. The summed E-state index contributed by atoms with van der Waals surface area (Å²) in [5, 5.41) is 30.2. The number of hydrogen-bond donors (Lipinski definition) is 3. The zero-order valence-electron chi connectivity index (χ0n) is 16.9. The molecule has 2 rings (SSSR count). The molecule has 0 aromatic heterocycles. The Labute approximate surface area is 190 Å². The second-order valence-electron chi connectivity index (χ2n) is 6.35. The Morgan fingerprint density at radius 1 is 1.14 bits per heavy atom. The van der Waals surface area contributed by atoms with Crippen LogP contribution in [0.4, 0.5) is 0 Å². The van der Waals surface area contributed by atoms with Crippen molar-refractivity contribution in [2.45, 2.75) is 40.0 Å². The molecule has 10 heteroatoms. The summed E-state index contributed by atoms with van der Waals surface area (Å²) >= 11 is 0. The number of nitrogens with zero attached hydrogens (tertiary/aromatic N) is 1. The van der Waals surface area contributed by atoms with Crippen molar-refractivity contribution in [2.24, 2.45) is 16.3 Å². The van der Waals surface area contributed by atoms with E-state index in [0.717, 1.165) is 12.8 Å². The molecule has 0 aliphatic carbocycles. The number of amidine groups is 1. The van der Waals surface area contributed by atoms with Crippen LogP contribution in [-0.4, -0.2) is 40.0 Å². The van der Waals surface area contributed by atoms with Crippen LogP contribution in [0.15, 0.2) is 29.3 Å². The second kappa shape index (κ2) is 11.7. The molecule has 0 spiro atoms. The SMILES string of the molecule is CCCC(C)C1(CC)C(=O)N=C([O-])NC1=O.O=C(O)c1ccccc1C(=O)O.[Na+]. The molecule has 1 heterocycles. The molecule has 0 saturated heterocycles. The summed E-state index contributed by atoms with van der Waals surface area (Å²) < 4.78 is 0. The Balaban J connectivity index is 0.000000542. The number of rotatable bonds is 6. The third-order valence-electron chi connectivity index (χ3n) is 4.72. The Kier molecular flexibility index (Phi) is 10.8. The van der Waals surface area contributed by atoms with Crippen molar-refractivity contribution in [3.05, 3.63) is 35.4 Å². The molecule has 152 valence electrons. The molecule has 29 heavy (non-hydrogen) atoms. The number of benzene rings is 1. The fourth-order valence-corrected chi connectivity index (χ4v) is 3.16. The van der Waals surface area contributed by atoms with E-state index in [0.29, 0.717) is 6.42 Å². The van der Waals surface area contributed by atoms with Gasteiger partial charge in [-0.3, -0.25) is 9.59 Å². The number of hydrogen-bond acceptors (Lipinski definition) is 5. The molecule has 0 fully saturated rings. The summed E-state index contributed by atoms with van der Waals surface area (Å²) in [6.07, 6.45) is 2.02. The summed E-state index contributed by atoms with van der Waals surface area (Å²) in [4.78, 5) is 48.0. The number of nitrogens with one attached hydrogen (secondary N) is 1. The van der Waals surface area contributed by atoms with E-state index in [1.165, 1.54) is 24.3 Å². The third kappa shape index (κ3) is 6.12. The smallest absolute Gasteiger partial charge is 0.846 e. The van der Waals surface area contributed by atoms with Gasteiger partial charge in [-0.05, 0) is 30.9 Å². The second-order valence-corrected chi connectivity index (χ2v) is 6.35. The van der Waals surface area contributed by atoms with Crippen molar-refractivity contribution in [2.75, 3.05) is 0 Å². The molecule has 2 atom stereocenters. The van der Waals surface area contributed by atoms with Gasteiger partial charge in [0.25, 0.3) is 5.91 Å². The van der Waals surface area contributed by atoms with Crippen LogP contribution in [0, 0.1) is 11.3 Å². The van der Waals surface area contributed by atoms with Crippen molar-refractivity contribution in [1.82, 2.24) is 5.32 Å². The van der Waals surface area contributed by atoms with Crippen molar-refractivity contribution < 1.29 is 64.1 Å². The van der Waals surface area contributed by atoms with Crippen LogP contribution in [0.25, 0.3) is 0 Å². The molecule has 9 nitrogen and oxygen atoms in total. The number of carbonyl (C=O) groups excluding carboxylic acids is 2. The number of amides is 2. The summed E-state index contributed by atoms with van der Waals surface area (Å²) in [7, 11) is 0. The Morgan fingerprint density at radius 3 is 1.97 bits per heavy atom. The molecule has 1 aromatic rings. The first-order valence-electron chi connectivity index (χ1n) is 8.78. The fourth-order valence-electron chi connectivity index (χ4n) is 3.16. The van der Waals surface area contributed by atoms with E-state index >= 15 is 0 Å². The van der Waals surface area contributed by atoms with Crippen LogP contribution < -0.4 is 40.0 Å². The maximum Gasteiger partial charge on any atom is 1.00 e. The van der Waals surface area contributed by atoms with Crippen molar-refractivity contribution in [1.29, 1.82) is 0 Å². The molecule has 0 bridgehead atoms. The van der Waals surface area contributed by atoms with Gasteiger partial charge >= 0.3 is 41.5 Å². The van der Waals surface area contributed by atoms with Crippen molar-refractivity contribution in [3.63, 3.8) is 0 Å². The maximum atomic E-state index is 11.9. The first-order valence-corrected chi connectivity index (χ1v) is 8.78. The van der Waals surface area contributed by atoms with Crippen LogP contribution in [0.5, 0.6) is 0 Å². The van der Waals surface area contributed by atoms with Gasteiger partial charge in [-0.1, -0.05) is 39.3 Å². The number of carboxylic acids is 2. The summed E-state index contributed by atoms with van der Waals surface area (Å²) in [6, 6.07) is 4.63. The average molecular weight is 414 g/mol. The zero-order chi connectivity index (χ0) is 21.5. The van der Waals surface area contributed by atoms with E-state index in [4.69, 9.17) is 10.2 Å². The first-order chi connectivity index (χ1) is 13.1. The molecule has 2 unspecified atom stereocenters. The van der Waals surface area contributed by atoms with Gasteiger partial charge in [0.05, 0.1) is 17.1 Å². The van der Waals surface area contributed by atoms with Crippen molar-refractivity contribution >= 4 is 29.8 Å². The number of aliphatic imine (C=N–C) groups is 1. The number of aromatic carboxylic acids is 2. The largest absolute Gasteiger partial charge is 1.00 e. The molecule has 1 aliphatic heterocycles. The Morgan fingerprint density at radius 2 is 1.62 bits per heavy atom. The van der Waals surface area contributed by atoms with E-state index in [-0.39, 0.29) is 46.6 Å². The van der Waals surface area contributed by atoms with E-state index in [1.807, 2.05) is 13.8 Å². The van der Waals surface area contributed by atoms with Gasteiger partial charge in [0.15, 0.2) is 0 Å². The van der Waals surface area contributed by atoms with Crippen LogP contribution in [-0.2, 0) is 9.59 Å². The van der Waals surface area contributed by atoms with Crippen molar-refractivity contribution in [3.8, 4) is 0 Å². The molecule has 2 amide bonds. The van der Waals surface area contributed by atoms with Gasteiger partial charge in [0.1, 0.15) is 5.41 Å². The van der Waals surface area contributed by atoms with Gasteiger partial charge in [-0.15, -0.1) is 0 Å². The standard InChI is InChI=1S/C11H18N2O3.C8H6O4.Na/c1-4-6-7(3)11(5-2)8(14)12-10(16)13-9(11)15;9-7(10)5-3-1-2-4-6(5)8(11)12;/h7H,4-6H2,1-3H3,(H2,12,13,14,15,16);1-4H,(H,9,10)(H,11,12);/q;;+1/p-1. The van der Waals surface area contributed by atoms with E-state index in [1.54, 1.807) is 6.92 Å². The van der Waals surface area contributed by atoms with Crippen LogP contribution in [0.3, 0.4) is 0 Å². The molecular formula is C19H23N2NaO7. The normalized spacial score (nSPS) is 18.9. The predicted molar refractivity (Wildman–Crippen MR) is 97.7 cm³/mol. The van der Waals surface area contributed by atoms with Gasteiger partial charge in [-0.2, -0.15) is 0 Å². The number of carboxylic acid groups (broad SMARTS) is 2. The fraction of sp³-hybridized carbons (Fsp3) is 0.421. The minimum absolute atomic E-state index is 0. The van der Waals surface area contributed by atoms with E-state index in [9.17, 15) is 24.3 Å². The molecule has 1 aromatic carbocycles.